The molecule has 2 aromatic heterocycles. The van der Waals surface area contributed by atoms with Gasteiger partial charge in [0.2, 0.25) is 5.88 Å². The summed E-state index contributed by atoms with van der Waals surface area (Å²) in [5, 5.41) is 4.31. The van der Waals surface area contributed by atoms with Gasteiger partial charge in [0.15, 0.2) is 0 Å². The first kappa shape index (κ1) is 10.7. The number of hydrogen-bond acceptors (Lipinski definition) is 4. The maximum atomic E-state index is 5.06. The Bertz CT molecular complexity index is 497. The van der Waals surface area contributed by atoms with Crippen molar-refractivity contribution >= 4 is 16.7 Å². The predicted molar refractivity (Wildman–Crippen MR) is 64.8 cm³/mol. The minimum Gasteiger partial charge on any atom is -0.481 e. The van der Waals surface area contributed by atoms with Crippen molar-refractivity contribution < 1.29 is 4.74 Å². The van der Waals surface area contributed by atoms with Gasteiger partial charge >= 0.3 is 0 Å². The zero-order valence-corrected chi connectivity index (χ0v) is 9.69. The van der Waals surface area contributed by atoms with Gasteiger partial charge in [-0.3, -0.25) is 0 Å². The van der Waals surface area contributed by atoms with E-state index in [0.717, 1.165) is 16.7 Å². The van der Waals surface area contributed by atoms with Gasteiger partial charge in [0, 0.05) is 17.5 Å². The van der Waals surface area contributed by atoms with Crippen LogP contribution in [0.2, 0.25) is 0 Å². The number of hydrogen-bond donors (Lipinski definition) is 1. The average Bonchev–Trinajstić information content (AvgIpc) is 2.27. The minimum absolute atomic E-state index is 0.371. The van der Waals surface area contributed by atoms with Crippen LogP contribution < -0.4 is 10.1 Å². The quantitative estimate of drug-likeness (QED) is 0.857. The van der Waals surface area contributed by atoms with E-state index in [2.05, 4.69) is 29.1 Å². The third-order valence-corrected chi connectivity index (χ3v) is 2.20. The van der Waals surface area contributed by atoms with Crippen LogP contribution in [0.15, 0.2) is 24.4 Å². The van der Waals surface area contributed by atoms with Crippen LogP contribution in [0.25, 0.3) is 10.9 Å². The Labute approximate surface area is 94.7 Å². The van der Waals surface area contributed by atoms with Gasteiger partial charge in [0.25, 0.3) is 0 Å². The van der Waals surface area contributed by atoms with Gasteiger partial charge in [0.1, 0.15) is 5.82 Å². The molecule has 0 unspecified atom stereocenters. The van der Waals surface area contributed by atoms with Crippen LogP contribution in [0.5, 0.6) is 5.88 Å². The van der Waals surface area contributed by atoms with Gasteiger partial charge < -0.3 is 10.1 Å². The van der Waals surface area contributed by atoms with Crippen LogP contribution in [0.3, 0.4) is 0 Å². The van der Waals surface area contributed by atoms with Crippen molar-refractivity contribution in [3.63, 3.8) is 0 Å². The standard InChI is InChI=1S/C12H15N3O/c1-8(2)14-11-6-9-4-5-12(16-3)15-10(9)7-13-11/h4-8H,1-3H3,(H,13,14). The van der Waals surface area contributed by atoms with Crippen LogP contribution in [-0.4, -0.2) is 23.1 Å². The largest absolute Gasteiger partial charge is 0.481 e. The Morgan fingerprint density at radius 3 is 2.81 bits per heavy atom. The molecule has 16 heavy (non-hydrogen) atoms. The summed E-state index contributed by atoms with van der Waals surface area (Å²) in [6, 6.07) is 6.19. The van der Waals surface area contributed by atoms with Gasteiger partial charge in [-0.1, -0.05) is 0 Å². The zero-order valence-electron chi connectivity index (χ0n) is 9.69. The molecule has 0 fully saturated rings. The van der Waals surface area contributed by atoms with Gasteiger partial charge in [-0.05, 0) is 26.0 Å². The highest BCUT2D eigenvalue weighted by Gasteiger charge is 2.01. The van der Waals surface area contributed by atoms with E-state index in [0.29, 0.717) is 11.9 Å². The number of fused-ring (bicyclic) bond motifs is 1. The topological polar surface area (TPSA) is 47.0 Å². The van der Waals surface area contributed by atoms with Crippen LogP contribution in [0.4, 0.5) is 5.82 Å². The summed E-state index contributed by atoms with van der Waals surface area (Å²) in [5.41, 5.74) is 0.841. The first-order valence-electron chi connectivity index (χ1n) is 5.26. The Morgan fingerprint density at radius 1 is 1.31 bits per heavy atom. The number of aromatic nitrogens is 2. The van der Waals surface area contributed by atoms with E-state index in [1.807, 2.05) is 18.2 Å². The molecule has 2 heterocycles. The molecule has 0 atom stereocenters. The van der Waals surface area contributed by atoms with E-state index < -0.39 is 0 Å². The molecule has 0 aliphatic rings. The highest BCUT2D eigenvalue weighted by molar-refractivity contribution is 5.80. The van der Waals surface area contributed by atoms with Gasteiger partial charge in [-0.2, -0.15) is 0 Å². The van der Waals surface area contributed by atoms with Crippen molar-refractivity contribution in [1.82, 2.24) is 9.97 Å². The number of nitrogens with zero attached hydrogens (tertiary/aromatic N) is 2. The third kappa shape index (κ3) is 2.21. The predicted octanol–water partition coefficient (Wildman–Crippen LogP) is 2.46. The Balaban J connectivity index is 2.39. The first-order chi connectivity index (χ1) is 7.69. The minimum atomic E-state index is 0.371. The second-order valence-corrected chi connectivity index (χ2v) is 3.91. The fraction of sp³-hybridized carbons (Fsp3) is 0.333. The first-order valence-corrected chi connectivity index (χ1v) is 5.26. The number of pyridine rings is 2. The van der Waals surface area contributed by atoms with Gasteiger partial charge in [-0.25, -0.2) is 9.97 Å². The lowest BCUT2D eigenvalue weighted by atomic mass is 10.2. The molecule has 0 spiro atoms. The summed E-state index contributed by atoms with van der Waals surface area (Å²) in [6.45, 7) is 4.16. The molecule has 1 N–H and O–H groups in total. The van der Waals surface area contributed by atoms with Crippen molar-refractivity contribution in [2.45, 2.75) is 19.9 Å². The average molecular weight is 217 g/mol. The smallest absolute Gasteiger partial charge is 0.213 e. The molecule has 0 amide bonds. The zero-order chi connectivity index (χ0) is 11.5. The lowest BCUT2D eigenvalue weighted by Gasteiger charge is -2.09. The van der Waals surface area contributed by atoms with Gasteiger partial charge in [-0.15, -0.1) is 0 Å². The van der Waals surface area contributed by atoms with Gasteiger partial charge in [0.05, 0.1) is 18.8 Å². The van der Waals surface area contributed by atoms with E-state index in [-0.39, 0.29) is 0 Å². The van der Waals surface area contributed by atoms with E-state index in [1.54, 1.807) is 13.3 Å². The second kappa shape index (κ2) is 4.35. The number of nitrogens with one attached hydrogen (secondary N) is 1. The second-order valence-electron chi connectivity index (χ2n) is 3.91. The molecular weight excluding hydrogens is 202 g/mol. The summed E-state index contributed by atoms with van der Waals surface area (Å²) < 4.78 is 5.06. The molecule has 0 saturated carbocycles. The molecule has 0 saturated heterocycles. The summed E-state index contributed by atoms with van der Waals surface area (Å²) in [6.07, 6.45) is 1.75. The molecule has 84 valence electrons. The Morgan fingerprint density at radius 2 is 2.12 bits per heavy atom. The number of ether oxygens (including phenoxy) is 1. The maximum Gasteiger partial charge on any atom is 0.213 e. The van der Waals surface area contributed by atoms with Crippen LogP contribution in [0, 0.1) is 0 Å². The summed E-state index contributed by atoms with van der Waals surface area (Å²) >= 11 is 0. The van der Waals surface area contributed by atoms with Crippen molar-refractivity contribution in [1.29, 1.82) is 0 Å². The molecule has 0 aliphatic heterocycles. The molecule has 2 rings (SSSR count). The highest BCUT2D eigenvalue weighted by Crippen LogP contribution is 2.18. The lowest BCUT2D eigenvalue weighted by Crippen LogP contribution is -2.10. The molecular formula is C12H15N3O. The van der Waals surface area contributed by atoms with Crippen LogP contribution in [-0.2, 0) is 0 Å². The number of methoxy groups -OCH3 is 1. The molecule has 0 bridgehead atoms. The van der Waals surface area contributed by atoms with Crippen LogP contribution >= 0.6 is 0 Å². The van der Waals surface area contributed by atoms with E-state index >= 15 is 0 Å². The number of anilines is 1. The molecule has 0 aromatic carbocycles. The lowest BCUT2D eigenvalue weighted by molar-refractivity contribution is 0.399. The van der Waals surface area contributed by atoms with Crippen molar-refractivity contribution in [2.75, 3.05) is 12.4 Å². The molecule has 0 radical (unpaired) electrons. The van der Waals surface area contributed by atoms with E-state index in [1.165, 1.54) is 0 Å². The third-order valence-electron chi connectivity index (χ3n) is 2.20. The Hall–Kier alpha value is -1.84. The van der Waals surface area contributed by atoms with Crippen molar-refractivity contribution in [3.8, 4) is 5.88 Å². The normalized spacial score (nSPS) is 10.8. The SMILES string of the molecule is COc1ccc2cc(NC(C)C)ncc2n1. The maximum absolute atomic E-state index is 5.06. The summed E-state index contributed by atoms with van der Waals surface area (Å²) in [7, 11) is 1.61. The van der Waals surface area contributed by atoms with E-state index in [9.17, 15) is 0 Å². The van der Waals surface area contributed by atoms with Crippen molar-refractivity contribution in [3.05, 3.63) is 24.4 Å². The fourth-order valence-corrected chi connectivity index (χ4v) is 1.50. The monoisotopic (exact) mass is 217 g/mol. The summed E-state index contributed by atoms with van der Waals surface area (Å²) in [5.74, 6) is 1.48. The van der Waals surface area contributed by atoms with Crippen LogP contribution in [0.1, 0.15) is 13.8 Å². The van der Waals surface area contributed by atoms with Crippen molar-refractivity contribution in [2.24, 2.45) is 0 Å². The molecule has 0 aliphatic carbocycles. The Kier molecular flexibility index (Phi) is 2.90. The molecule has 4 heteroatoms. The molecule has 2 aromatic rings. The van der Waals surface area contributed by atoms with E-state index in [4.69, 9.17) is 4.74 Å². The molecule has 4 nitrogen and oxygen atoms in total. The fourth-order valence-electron chi connectivity index (χ4n) is 1.50. The summed E-state index contributed by atoms with van der Waals surface area (Å²) in [4.78, 5) is 8.59. The highest BCUT2D eigenvalue weighted by atomic mass is 16.5. The number of rotatable bonds is 3.